The van der Waals surface area contributed by atoms with Crippen LogP contribution in [0.15, 0.2) is 16.6 Å². The van der Waals surface area contributed by atoms with Gasteiger partial charge in [-0.3, -0.25) is 4.98 Å². The van der Waals surface area contributed by atoms with Crippen molar-refractivity contribution in [1.82, 2.24) is 10.3 Å². The average Bonchev–Trinajstić information content (AvgIpc) is 2.10. The molecule has 1 aromatic heterocycles. The fraction of sp³-hybridized carbons (Fsp3) is 0.500. The molecule has 0 saturated carbocycles. The summed E-state index contributed by atoms with van der Waals surface area (Å²) < 4.78 is 6.08. The molecule has 5 heteroatoms. The van der Waals surface area contributed by atoms with Crippen molar-refractivity contribution in [2.45, 2.75) is 39.8 Å². The summed E-state index contributed by atoms with van der Waals surface area (Å²) in [6.07, 6.45) is -0.433. The second-order valence-corrected chi connectivity index (χ2v) is 5.69. The molecule has 17 heavy (non-hydrogen) atoms. The highest BCUT2D eigenvalue weighted by Crippen LogP contribution is 2.12. The maximum Gasteiger partial charge on any atom is 0.407 e. The highest BCUT2D eigenvalue weighted by atomic mass is 79.9. The molecule has 94 valence electrons. The molecule has 0 spiro atoms. The molecule has 0 aromatic carbocycles. The third-order valence-corrected chi connectivity index (χ3v) is 2.24. The highest BCUT2D eigenvalue weighted by Gasteiger charge is 2.15. The number of nitrogens with one attached hydrogen (secondary N) is 1. The van der Waals surface area contributed by atoms with Crippen molar-refractivity contribution >= 4 is 22.0 Å². The van der Waals surface area contributed by atoms with Gasteiger partial charge in [0.15, 0.2) is 0 Å². The number of nitrogens with zero attached hydrogens (tertiary/aromatic N) is 1. The van der Waals surface area contributed by atoms with E-state index in [0.29, 0.717) is 6.54 Å². The van der Waals surface area contributed by atoms with Crippen molar-refractivity contribution in [3.63, 3.8) is 0 Å². The van der Waals surface area contributed by atoms with E-state index in [-0.39, 0.29) is 0 Å². The molecule has 0 aliphatic heterocycles. The van der Waals surface area contributed by atoms with Gasteiger partial charge in [-0.15, -0.1) is 0 Å². The van der Waals surface area contributed by atoms with Gasteiger partial charge in [-0.2, -0.15) is 0 Å². The molecular weight excluding hydrogens is 284 g/mol. The van der Waals surface area contributed by atoms with Crippen molar-refractivity contribution in [2.24, 2.45) is 0 Å². The Hall–Kier alpha value is -1.10. The zero-order chi connectivity index (χ0) is 13.1. The number of hydrogen-bond donors (Lipinski definition) is 1. The minimum absolute atomic E-state index is 0.356. The number of hydrogen-bond acceptors (Lipinski definition) is 3. The number of alkyl carbamates (subject to hydrolysis) is 1. The minimum atomic E-state index is -0.481. The van der Waals surface area contributed by atoms with Crippen molar-refractivity contribution in [3.05, 3.63) is 28.0 Å². The summed E-state index contributed by atoms with van der Waals surface area (Å²) in [5, 5.41) is 2.67. The molecule has 0 saturated heterocycles. The maximum atomic E-state index is 11.4. The number of carbonyl (C=O) groups is 1. The molecule has 0 aliphatic rings. The number of ether oxygens (including phenoxy) is 1. The van der Waals surface area contributed by atoms with E-state index in [0.717, 1.165) is 15.9 Å². The Kier molecular flexibility index (Phi) is 4.51. The molecular formula is C12H17BrN2O2. The van der Waals surface area contributed by atoms with E-state index >= 15 is 0 Å². The molecule has 1 amide bonds. The molecule has 0 radical (unpaired) electrons. The van der Waals surface area contributed by atoms with Crippen molar-refractivity contribution < 1.29 is 9.53 Å². The fourth-order valence-corrected chi connectivity index (χ4v) is 1.85. The van der Waals surface area contributed by atoms with E-state index in [1.807, 2.05) is 39.8 Å². The molecule has 1 rings (SSSR count). The molecule has 0 aliphatic carbocycles. The van der Waals surface area contributed by atoms with Crippen LogP contribution in [-0.4, -0.2) is 16.7 Å². The Balaban J connectivity index is 2.53. The summed E-state index contributed by atoms with van der Waals surface area (Å²) in [4.78, 5) is 15.7. The van der Waals surface area contributed by atoms with E-state index in [1.54, 1.807) is 0 Å². The maximum absolute atomic E-state index is 11.4. The van der Waals surface area contributed by atoms with E-state index in [4.69, 9.17) is 4.74 Å². The Labute approximate surface area is 110 Å². The van der Waals surface area contributed by atoms with E-state index in [1.165, 1.54) is 0 Å². The summed E-state index contributed by atoms with van der Waals surface area (Å²) in [7, 11) is 0. The van der Waals surface area contributed by atoms with Gasteiger partial charge < -0.3 is 10.1 Å². The summed E-state index contributed by atoms with van der Waals surface area (Å²) >= 11 is 3.38. The first-order valence-electron chi connectivity index (χ1n) is 5.36. The summed E-state index contributed by atoms with van der Waals surface area (Å²) in [5.74, 6) is 0. The average molecular weight is 301 g/mol. The lowest BCUT2D eigenvalue weighted by Crippen LogP contribution is -2.32. The van der Waals surface area contributed by atoms with Crippen LogP contribution < -0.4 is 5.32 Å². The van der Waals surface area contributed by atoms with E-state index in [2.05, 4.69) is 26.2 Å². The predicted molar refractivity (Wildman–Crippen MR) is 69.7 cm³/mol. The number of carbonyl (C=O) groups excluding carboxylic acids is 1. The van der Waals surface area contributed by atoms with Crippen LogP contribution in [0.25, 0.3) is 0 Å². The van der Waals surface area contributed by atoms with Gasteiger partial charge in [0, 0.05) is 10.2 Å². The van der Waals surface area contributed by atoms with Gasteiger partial charge in [0.1, 0.15) is 5.60 Å². The lowest BCUT2D eigenvalue weighted by molar-refractivity contribution is 0.0523. The molecule has 4 nitrogen and oxygen atoms in total. The highest BCUT2D eigenvalue weighted by molar-refractivity contribution is 9.10. The van der Waals surface area contributed by atoms with E-state index < -0.39 is 11.7 Å². The summed E-state index contributed by atoms with van der Waals surface area (Å²) in [5.41, 5.74) is 1.22. The quantitative estimate of drug-likeness (QED) is 0.912. The smallest absolute Gasteiger partial charge is 0.407 e. The number of halogens is 1. The lowest BCUT2D eigenvalue weighted by Gasteiger charge is -2.19. The molecule has 1 N–H and O–H groups in total. The van der Waals surface area contributed by atoms with Crippen LogP contribution in [0.2, 0.25) is 0 Å². The Bertz CT molecular complexity index is 393. The van der Waals surface area contributed by atoms with Crippen LogP contribution in [0.4, 0.5) is 4.79 Å². The first kappa shape index (κ1) is 14.0. The van der Waals surface area contributed by atoms with Crippen LogP contribution >= 0.6 is 15.9 Å². The molecule has 0 atom stereocenters. The van der Waals surface area contributed by atoms with Gasteiger partial charge in [0.25, 0.3) is 0 Å². The second-order valence-electron chi connectivity index (χ2n) is 4.77. The Morgan fingerprint density at radius 1 is 1.47 bits per heavy atom. The first-order chi connectivity index (χ1) is 7.76. The standard InChI is InChI=1S/C12H17BrN2O2/c1-8-5-9(13)6-10(15-8)7-14-11(16)17-12(2,3)4/h5-6H,7H2,1-4H3,(H,14,16). The van der Waals surface area contributed by atoms with Crippen LogP contribution in [0.3, 0.4) is 0 Å². The van der Waals surface area contributed by atoms with Crippen molar-refractivity contribution in [2.75, 3.05) is 0 Å². The number of aryl methyl sites for hydroxylation is 1. The molecule has 0 unspecified atom stereocenters. The third-order valence-electron chi connectivity index (χ3n) is 1.78. The zero-order valence-corrected chi connectivity index (χ0v) is 12.1. The molecule has 0 fully saturated rings. The Morgan fingerprint density at radius 2 is 2.12 bits per heavy atom. The van der Waals surface area contributed by atoms with E-state index in [9.17, 15) is 4.79 Å². The van der Waals surface area contributed by atoms with Crippen LogP contribution in [0.5, 0.6) is 0 Å². The fourth-order valence-electron chi connectivity index (χ4n) is 1.26. The largest absolute Gasteiger partial charge is 0.444 e. The second kappa shape index (κ2) is 5.49. The van der Waals surface area contributed by atoms with Crippen molar-refractivity contribution in [3.8, 4) is 0 Å². The van der Waals surface area contributed by atoms with Gasteiger partial charge in [0.2, 0.25) is 0 Å². The normalized spacial score (nSPS) is 11.1. The van der Waals surface area contributed by atoms with Gasteiger partial charge in [-0.1, -0.05) is 15.9 Å². The summed E-state index contributed by atoms with van der Waals surface area (Å²) in [6.45, 7) is 7.74. The SMILES string of the molecule is Cc1cc(Br)cc(CNC(=O)OC(C)(C)C)n1. The lowest BCUT2D eigenvalue weighted by atomic mass is 10.2. The van der Waals surface area contributed by atoms with Crippen molar-refractivity contribution in [1.29, 1.82) is 0 Å². The number of rotatable bonds is 2. The third kappa shape index (κ3) is 5.68. The van der Waals surface area contributed by atoms with Gasteiger partial charge in [-0.25, -0.2) is 4.79 Å². The van der Waals surface area contributed by atoms with Crippen LogP contribution in [0.1, 0.15) is 32.2 Å². The zero-order valence-electron chi connectivity index (χ0n) is 10.5. The first-order valence-corrected chi connectivity index (χ1v) is 6.15. The molecule has 0 bridgehead atoms. The molecule has 1 heterocycles. The molecule has 1 aromatic rings. The summed E-state index contributed by atoms with van der Waals surface area (Å²) in [6, 6.07) is 3.78. The Morgan fingerprint density at radius 3 is 2.65 bits per heavy atom. The van der Waals surface area contributed by atoms with Crippen LogP contribution in [0, 0.1) is 6.92 Å². The number of aromatic nitrogens is 1. The van der Waals surface area contributed by atoms with Gasteiger partial charge >= 0.3 is 6.09 Å². The predicted octanol–water partition coefficient (Wildman–Crippen LogP) is 3.18. The van der Waals surface area contributed by atoms with Gasteiger partial charge in [-0.05, 0) is 39.8 Å². The minimum Gasteiger partial charge on any atom is -0.444 e. The monoisotopic (exact) mass is 300 g/mol. The topological polar surface area (TPSA) is 51.2 Å². The van der Waals surface area contributed by atoms with Crippen LogP contribution in [-0.2, 0) is 11.3 Å². The number of amides is 1. The number of pyridine rings is 1. The van der Waals surface area contributed by atoms with Gasteiger partial charge in [0.05, 0.1) is 12.2 Å².